The molecule has 1 aromatic carbocycles. The van der Waals surface area contributed by atoms with Crippen molar-refractivity contribution in [3.63, 3.8) is 0 Å². The molecule has 0 aliphatic heterocycles. The van der Waals surface area contributed by atoms with E-state index in [2.05, 4.69) is 0 Å². The number of benzene rings is 1. The molecule has 0 fully saturated rings. The van der Waals surface area contributed by atoms with Crippen LogP contribution >= 0.6 is 0 Å². The molecule has 0 aliphatic carbocycles. The Morgan fingerprint density at radius 3 is 2.38 bits per heavy atom. The van der Waals surface area contributed by atoms with Crippen molar-refractivity contribution in [1.29, 1.82) is 0 Å². The lowest BCUT2D eigenvalue weighted by Crippen LogP contribution is -2.39. The summed E-state index contributed by atoms with van der Waals surface area (Å²) in [5.41, 5.74) is -1.18. The number of rotatable bonds is 4. The van der Waals surface area contributed by atoms with Gasteiger partial charge < -0.3 is 4.74 Å². The van der Waals surface area contributed by atoms with E-state index in [0.29, 0.717) is 17.8 Å². The zero-order valence-electron chi connectivity index (χ0n) is 10.4. The number of hydrogen-bond donors (Lipinski definition) is 0. The molecule has 1 nitrogen and oxygen atoms in total. The highest BCUT2D eigenvalue weighted by Gasteiger charge is 2.37. The van der Waals surface area contributed by atoms with Gasteiger partial charge in [-0.25, -0.2) is 4.39 Å². The molecule has 3 heteroatoms. The second-order valence-electron chi connectivity index (χ2n) is 5.22. The molecule has 0 bridgehead atoms. The Hall–Kier alpha value is -0.985. The van der Waals surface area contributed by atoms with Crippen LogP contribution in [-0.2, 0) is 0 Å². The molecule has 0 saturated carbocycles. The highest BCUT2D eigenvalue weighted by Crippen LogP contribution is 2.34. The first-order valence-corrected chi connectivity index (χ1v) is 5.40. The van der Waals surface area contributed by atoms with E-state index in [4.69, 9.17) is 12.6 Å². The Morgan fingerprint density at radius 1 is 1.25 bits per heavy atom. The molecule has 16 heavy (non-hydrogen) atoms. The first kappa shape index (κ1) is 13.1. The summed E-state index contributed by atoms with van der Waals surface area (Å²) in [5, 5.41) is 0. The van der Waals surface area contributed by atoms with Crippen LogP contribution in [-0.4, -0.2) is 20.1 Å². The quantitative estimate of drug-likeness (QED) is 0.708. The Morgan fingerprint density at radius 2 is 1.88 bits per heavy atom. The van der Waals surface area contributed by atoms with E-state index < -0.39 is 11.1 Å². The highest BCUT2D eigenvalue weighted by molar-refractivity contribution is 6.32. The van der Waals surface area contributed by atoms with E-state index in [9.17, 15) is 4.39 Å². The van der Waals surface area contributed by atoms with Crippen molar-refractivity contribution in [3.05, 3.63) is 24.3 Å². The van der Waals surface area contributed by atoms with Gasteiger partial charge in [-0.1, -0.05) is 31.4 Å². The largest absolute Gasteiger partial charge is 0.493 e. The van der Waals surface area contributed by atoms with E-state index in [1.165, 1.54) is 0 Å². The topological polar surface area (TPSA) is 9.23 Å². The first-order valence-electron chi connectivity index (χ1n) is 5.40. The number of halogens is 1. The summed E-state index contributed by atoms with van der Waals surface area (Å²) in [6, 6.07) is 7.16. The Bertz CT molecular complexity index is 355. The predicted molar refractivity (Wildman–Crippen MR) is 66.3 cm³/mol. The minimum Gasteiger partial charge on any atom is -0.493 e. The molecule has 0 unspecified atom stereocenters. The average molecular weight is 220 g/mol. The van der Waals surface area contributed by atoms with Gasteiger partial charge in [-0.15, -0.1) is 0 Å². The average Bonchev–Trinajstić information content (AvgIpc) is 2.13. The van der Waals surface area contributed by atoms with E-state index in [1.807, 2.05) is 26.0 Å². The molecule has 86 valence electrons. The summed E-state index contributed by atoms with van der Waals surface area (Å²) < 4.78 is 19.4. The third-order valence-corrected chi connectivity index (χ3v) is 3.07. The zero-order chi connectivity index (χ0) is 12.4. The molecular formula is C13H18BFO. The van der Waals surface area contributed by atoms with Crippen molar-refractivity contribution < 1.29 is 9.13 Å². The van der Waals surface area contributed by atoms with E-state index in [1.54, 1.807) is 26.0 Å². The van der Waals surface area contributed by atoms with Gasteiger partial charge in [0.25, 0.3) is 0 Å². The van der Waals surface area contributed by atoms with Crippen LogP contribution in [0.2, 0.25) is 0 Å². The van der Waals surface area contributed by atoms with E-state index in [-0.39, 0.29) is 0 Å². The highest BCUT2D eigenvalue weighted by atomic mass is 19.1. The maximum atomic E-state index is 13.8. The maximum Gasteiger partial charge on any atom is 0.118 e. The van der Waals surface area contributed by atoms with Crippen molar-refractivity contribution >= 4 is 13.3 Å². The first-order chi connectivity index (χ1) is 7.22. The monoisotopic (exact) mass is 220 g/mol. The number of alkyl halides is 1. The molecule has 1 rings (SSSR count). The van der Waals surface area contributed by atoms with Crippen molar-refractivity contribution in [2.45, 2.75) is 33.4 Å². The van der Waals surface area contributed by atoms with Crippen molar-refractivity contribution in [3.8, 4) is 5.75 Å². The summed E-state index contributed by atoms with van der Waals surface area (Å²) in [4.78, 5) is 0. The fourth-order valence-corrected chi connectivity index (χ4v) is 1.04. The van der Waals surface area contributed by atoms with Gasteiger partial charge in [0.15, 0.2) is 0 Å². The van der Waals surface area contributed by atoms with Crippen molar-refractivity contribution in [2.24, 2.45) is 5.41 Å². The Balaban J connectivity index is 2.65. The maximum absolute atomic E-state index is 13.8. The molecule has 0 atom stereocenters. The minimum atomic E-state index is -1.28. The smallest absolute Gasteiger partial charge is 0.118 e. The summed E-state index contributed by atoms with van der Waals surface area (Å²) in [7, 11) is 5.63. The summed E-state index contributed by atoms with van der Waals surface area (Å²) in [6.07, 6.45) is 0. The number of ether oxygens (including phenoxy) is 1. The van der Waals surface area contributed by atoms with Gasteiger partial charge in [0.05, 0.1) is 6.61 Å². The molecular weight excluding hydrogens is 202 g/mol. The van der Waals surface area contributed by atoms with Crippen LogP contribution in [0.1, 0.15) is 27.7 Å². The Kier molecular flexibility index (Phi) is 3.66. The third-order valence-electron chi connectivity index (χ3n) is 3.07. The van der Waals surface area contributed by atoms with Gasteiger partial charge in [-0.2, -0.15) is 0 Å². The van der Waals surface area contributed by atoms with Gasteiger partial charge in [0, 0.05) is 5.41 Å². The van der Waals surface area contributed by atoms with Gasteiger partial charge in [-0.3, -0.25) is 0 Å². The van der Waals surface area contributed by atoms with Crippen LogP contribution in [0.3, 0.4) is 0 Å². The fraction of sp³-hybridized carbons (Fsp3) is 0.538. The molecule has 0 amide bonds. The van der Waals surface area contributed by atoms with E-state index >= 15 is 0 Å². The lowest BCUT2D eigenvalue weighted by atomic mass is 9.79. The molecule has 0 aromatic heterocycles. The zero-order valence-corrected chi connectivity index (χ0v) is 10.4. The lowest BCUT2D eigenvalue weighted by Gasteiger charge is -2.34. The SMILES string of the molecule is [B]c1cccc(OCC(C)(C)C(C)(C)F)c1. The molecule has 0 spiro atoms. The fourth-order valence-electron chi connectivity index (χ4n) is 1.04. The summed E-state index contributed by atoms with van der Waals surface area (Å²) in [5.74, 6) is 0.678. The Labute approximate surface area is 98.4 Å². The van der Waals surface area contributed by atoms with Crippen molar-refractivity contribution in [2.75, 3.05) is 6.61 Å². The van der Waals surface area contributed by atoms with Crippen LogP contribution in [0.15, 0.2) is 24.3 Å². The predicted octanol–water partition coefficient (Wildman–Crippen LogP) is 2.63. The third kappa shape index (κ3) is 3.26. The lowest BCUT2D eigenvalue weighted by molar-refractivity contribution is 0.0127. The summed E-state index contributed by atoms with van der Waals surface area (Å²) in [6.45, 7) is 7.14. The van der Waals surface area contributed by atoms with Gasteiger partial charge in [0.2, 0.25) is 0 Å². The standard InChI is InChI=1S/C13H18BFO/c1-12(2,13(3,4)15)9-16-11-7-5-6-10(14)8-11/h5-8H,9H2,1-4H3. The second kappa shape index (κ2) is 4.48. The molecule has 0 saturated heterocycles. The normalized spacial score (nSPS) is 12.6. The molecule has 0 heterocycles. The van der Waals surface area contributed by atoms with Gasteiger partial charge >= 0.3 is 0 Å². The summed E-state index contributed by atoms with van der Waals surface area (Å²) >= 11 is 0. The van der Waals surface area contributed by atoms with Crippen molar-refractivity contribution in [1.82, 2.24) is 0 Å². The van der Waals surface area contributed by atoms with Crippen LogP contribution in [0.5, 0.6) is 5.75 Å². The second-order valence-corrected chi connectivity index (χ2v) is 5.22. The van der Waals surface area contributed by atoms with Crippen LogP contribution < -0.4 is 10.2 Å². The molecule has 2 radical (unpaired) electrons. The molecule has 0 aliphatic rings. The molecule has 0 N–H and O–H groups in total. The van der Waals surface area contributed by atoms with E-state index in [0.717, 1.165) is 0 Å². The van der Waals surface area contributed by atoms with Gasteiger partial charge in [-0.05, 0) is 26.0 Å². The van der Waals surface area contributed by atoms with Crippen LogP contribution in [0.4, 0.5) is 4.39 Å². The van der Waals surface area contributed by atoms with Crippen LogP contribution in [0, 0.1) is 5.41 Å². The van der Waals surface area contributed by atoms with Gasteiger partial charge in [0.1, 0.15) is 19.3 Å². The number of hydrogen-bond acceptors (Lipinski definition) is 1. The van der Waals surface area contributed by atoms with Crippen LogP contribution in [0.25, 0.3) is 0 Å². The minimum absolute atomic E-state index is 0.319. The molecule has 1 aromatic rings.